The Labute approximate surface area is 210 Å². The van der Waals surface area contributed by atoms with E-state index in [1.165, 1.54) is 5.56 Å². The SMILES string of the molecule is O=C(Nc1cc(Cl)cc(C(=O)Nc2ccc(CCN3CCOCC3)cc2)c1)OCc1ccccc1. The number of nitrogens with one attached hydrogen (secondary N) is 2. The van der Waals surface area contributed by atoms with Crippen molar-refractivity contribution >= 4 is 35.0 Å². The second-order valence-electron chi connectivity index (χ2n) is 8.27. The number of ether oxygens (including phenoxy) is 2. The largest absolute Gasteiger partial charge is 0.444 e. The third kappa shape index (κ3) is 7.82. The standard InChI is InChI=1S/C27H28ClN3O4/c28-23-16-22(17-25(18-23)30-27(33)35-19-21-4-2-1-3-5-21)26(32)29-24-8-6-20(7-9-24)10-11-31-12-14-34-15-13-31/h1-9,16-18H,10-15,19H2,(H,29,32)(H,30,33). The van der Waals surface area contributed by atoms with Gasteiger partial charge in [-0.25, -0.2) is 4.79 Å². The number of benzene rings is 3. The molecule has 1 saturated heterocycles. The Morgan fingerprint density at radius 1 is 0.886 bits per heavy atom. The summed E-state index contributed by atoms with van der Waals surface area (Å²) in [7, 11) is 0. The molecular formula is C27H28ClN3O4. The maximum Gasteiger partial charge on any atom is 0.411 e. The van der Waals surface area contributed by atoms with E-state index in [1.807, 2.05) is 54.6 Å². The molecule has 1 aliphatic heterocycles. The Balaban J connectivity index is 1.30. The molecule has 1 aliphatic rings. The zero-order chi connectivity index (χ0) is 24.5. The van der Waals surface area contributed by atoms with Gasteiger partial charge in [0, 0.05) is 41.6 Å². The monoisotopic (exact) mass is 493 g/mol. The number of anilines is 2. The molecule has 182 valence electrons. The van der Waals surface area contributed by atoms with Gasteiger partial charge in [0.25, 0.3) is 5.91 Å². The number of halogens is 1. The van der Waals surface area contributed by atoms with Crippen molar-refractivity contribution in [3.05, 3.63) is 94.5 Å². The van der Waals surface area contributed by atoms with Gasteiger partial charge in [-0.2, -0.15) is 0 Å². The van der Waals surface area contributed by atoms with Gasteiger partial charge in [0.2, 0.25) is 0 Å². The number of carbonyl (C=O) groups is 2. The fraction of sp³-hybridized carbons (Fsp3) is 0.259. The fourth-order valence-corrected chi connectivity index (χ4v) is 3.98. The minimum absolute atomic E-state index is 0.142. The summed E-state index contributed by atoms with van der Waals surface area (Å²) in [5, 5.41) is 5.83. The van der Waals surface area contributed by atoms with E-state index in [1.54, 1.807) is 18.2 Å². The first-order valence-corrected chi connectivity index (χ1v) is 11.9. The van der Waals surface area contributed by atoms with Crippen LogP contribution in [0.5, 0.6) is 0 Å². The molecule has 0 radical (unpaired) electrons. The first-order valence-electron chi connectivity index (χ1n) is 11.5. The van der Waals surface area contributed by atoms with Gasteiger partial charge in [-0.05, 0) is 47.9 Å². The van der Waals surface area contributed by atoms with Crippen molar-refractivity contribution in [3.63, 3.8) is 0 Å². The molecule has 0 saturated carbocycles. The molecule has 0 spiro atoms. The van der Waals surface area contributed by atoms with Gasteiger partial charge in [-0.3, -0.25) is 15.0 Å². The van der Waals surface area contributed by atoms with Crippen LogP contribution in [0.1, 0.15) is 21.5 Å². The third-order valence-electron chi connectivity index (χ3n) is 5.65. The normalized spacial score (nSPS) is 13.7. The summed E-state index contributed by atoms with van der Waals surface area (Å²) >= 11 is 6.19. The van der Waals surface area contributed by atoms with Crippen molar-refractivity contribution in [1.82, 2.24) is 4.90 Å². The molecule has 0 aromatic heterocycles. The zero-order valence-electron chi connectivity index (χ0n) is 19.3. The average molecular weight is 494 g/mol. The van der Waals surface area contributed by atoms with Crippen LogP contribution in [0, 0.1) is 0 Å². The lowest BCUT2D eigenvalue weighted by Gasteiger charge is -2.26. The number of carbonyl (C=O) groups excluding carboxylic acids is 2. The summed E-state index contributed by atoms with van der Waals surface area (Å²) in [5.41, 5.74) is 3.46. The van der Waals surface area contributed by atoms with E-state index >= 15 is 0 Å². The van der Waals surface area contributed by atoms with E-state index in [-0.39, 0.29) is 12.5 Å². The van der Waals surface area contributed by atoms with E-state index in [2.05, 4.69) is 15.5 Å². The first kappa shape index (κ1) is 24.7. The molecule has 35 heavy (non-hydrogen) atoms. The van der Waals surface area contributed by atoms with Crippen molar-refractivity contribution in [2.45, 2.75) is 13.0 Å². The van der Waals surface area contributed by atoms with Crippen LogP contribution in [0.25, 0.3) is 0 Å². The lowest BCUT2D eigenvalue weighted by Crippen LogP contribution is -2.37. The van der Waals surface area contributed by atoms with Crippen LogP contribution in [0.3, 0.4) is 0 Å². The molecule has 3 aromatic carbocycles. The van der Waals surface area contributed by atoms with Gasteiger partial charge >= 0.3 is 6.09 Å². The summed E-state index contributed by atoms with van der Waals surface area (Å²) in [5.74, 6) is -0.325. The van der Waals surface area contributed by atoms with Crippen molar-refractivity contribution in [2.75, 3.05) is 43.5 Å². The van der Waals surface area contributed by atoms with E-state index < -0.39 is 6.09 Å². The second kappa shape index (κ2) is 12.4. The Morgan fingerprint density at radius 3 is 2.37 bits per heavy atom. The molecule has 1 heterocycles. The van der Waals surface area contributed by atoms with Crippen LogP contribution >= 0.6 is 11.6 Å². The van der Waals surface area contributed by atoms with Crippen molar-refractivity contribution in [3.8, 4) is 0 Å². The average Bonchev–Trinajstić information content (AvgIpc) is 2.88. The number of morpholine rings is 1. The van der Waals surface area contributed by atoms with E-state index in [0.717, 1.165) is 44.8 Å². The minimum Gasteiger partial charge on any atom is -0.444 e. The highest BCUT2D eigenvalue weighted by atomic mass is 35.5. The van der Waals surface area contributed by atoms with E-state index in [4.69, 9.17) is 21.1 Å². The molecular weight excluding hydrogens is 466 g/mol. The predicted molar refractivity (Wildman–Crippen MR) is 137 cm³/mol. The molecule has 2 amide bonds. The topological polar surface area (TPSA) is 79.9 Å². The molecule has 0 unspecified atom stereocenters. The molecule has 0 atom stereocenters. The van der Waals surface area contributed by atoms with Gasteiger partial charge in [0.05, 0.1) is 13.2 Å². The molecule has 3 aromatic rings. The number of hydrogen-bond acceptors (Lipinski definition) is 5. The highest BCUT2D eigenvalue weighted by Crippen LogP contribution is 2.21. The van der Waals surface area contributed by atoms with Crippen LogP contribution in [0.15, 0.2) is 72.8 Å². The van der Waals surface area contributed by atoms with Crippen molar-refractivity contribution in [2.24, 2.45) is 0 Å². The summed E-state index contributed by atoms with van der Waals surface area (Å²) in [6, 6.07) is 21.8. The Bertz CT molecular complexity index is 1130. The van der Waals surface area contributed by atoms with Crippen LogP contribution < -0.4 is 10.6 Å². The molecule has 0 bridgehead atoms. The molecule has 7 nitrogen and oxygen atoms in total. The lowest BCUT2D eigenvalue weighted by atomic mass is 10.1. The van der Waals surface area contributed by atoms with Crippen LogP contribution in [-0.4, -0.2) is 49.7 Å². The molecule has 0 aliphatic carbocycles. The zero-order valence-corrected chi connectivity index (χ0v) is 20.1. The lowest BCUT2D eigenvalue weighted by molar-refractivity contribution is 0.0384. The maximum atomic E-state index is 12.8. The Morgan fingerprint density at radius 2 is 1.63 bits per heavy atom. The summed E-state index contributed by atoms with van der Waals surface area (Å²) in [6.45, 7) is 4.65. The Kier molecular flexibility index (Phi) is 8.73. The number of hydrogen-bond donors (Lipinski definition) is 2. The van der Waals surface area contributed by atoms with Gasteiger partial charge in [-0.15, -0.1) is 0 Å². The van der Waals surface area contributed by atoms with Gasteiger partial charge in [0.1, 0.15) is 6.61 Å². The van der Waals surface area contributed by atoms with Crippen LogP contribution in [0.2, 0.25) is 5.02 Å². The van der Waals surface area contributed by atoms with Crippen LogP contribution in [0.4, 0.5) is 16.2 Å². The molecule has 8 heteroatoms. The number of amides is 2. The highest BCUT2D eigenvalue weighted by Gasteiger charge is 2.12. The van der Waals surface area contributed by atoms with Crippen LogP contribution in [-0.2, 0) is 22.5 Å². The van der Waals surface area contributed by atoms with Crippen molar-refractivity contribution < 1.29 is 19.1 Å². The number of nitrogens with zero attached hydrogens (tertiary/aromatic N) is 1. The van der Waals surface area contributed by atoms with E-state index in [0.29, 0.717) is 22.0 Å². The minimum atomic E-state index is -0.629. The molecule has 2 N–H and O–H groups in total. The highest BCUT2D eigenvalue weighted by molar-refractivity contribution is 6.31. The summed E-state index contributed by atoms with van der Waals surface area (Å²) < 4.78 is 10.6. The maximum absolute atomic E-state index is 12.8. The number of rotatable bonds is 8. The predicted octanol–water partition coefficient (Wildman–Crippen LogP) is 5.22. The summed E-state index contributed by atoms with van der Waals surface area (Å²) in [6.07, 6.45) is 0.313. The second-order valence-corrected chi connectivity index (χ2v) is 8.71. The Hall–Kier alpha value is -3.39. The third-order valence-corrected chi connectivity index (χ3v) is 5.87. The molecule has 1 fully saturated rings. The van der Waals surface area contributed by atoms with E-state index in [9.17, 15) is 9.59 Å². The fourth-order valence-electron chi connectivity index (χ4n) is 3.74. The van der Waals surface area contributed by atoms with Crippen molar-refractivity contribution in [1.29, 1.82) is 0 Å². The van der Waals surface area contributed by atoms with Gasteiger partial charge < -0.3 is 14.8 Å². The van der Waals surface area contributed by atoms with Gasteiger partial charge in [-0.1, -0.05) is 54.1 Å². The van der Waals surface area contributed by atoms with Gasteiger partial charge in [0.15, 0.2) is 0 Å². The summed E-state index contributed by atoms with van der Waals surface area (Å²) in [4.78, 5) is 27.4. The molecule has 4 rings (SSSR count). The smallest absolute Gasteiger partial charge is 0.411 e. The quantitative estimate of drug-likeness (QED) is 0.450. The first-order chi connectivity index (χ1) is 17.0.